The molecule has 0 radical (unpaired) electrons. The van der Waals surface area contributed by atoms with Crippen LogP contribution in [-0.2, 0) is 0 Å². The van der Waals surface area contributed by atoms with E-state index in [9.17, 15) is 51.8 Å². The second-order valence-corrected chi connectivity index (χ2v) is 3.10. The Labute approximate surface area is 172 Å². The van der Waals surface area contributed by atoms with Crippen LogP contribution in [0, 0.1) is 0 Å². The Morgan fingerprint density at radius 3 is 0.917 bits per heavy atom. The number of rotatable bonds is 1. The summed E-state index contributed by atoms with van der Waals surface area (Å²) in [7, 11) is -18.0. The van der Waals surface area contributed by atoms with Crippen LogP contribution in [0.15, 0.2) is 36.9 Å². The molecular formula is C8H9B3F12K-3. The Morgan fingerprint density at radius 1 is 0.583 bits per heavy atom. The van der Waals surface area contributed by atoms with Crippen molar-refractivity contribution in [2.75, 3.05) is 0 Å². The summed E-state index contributed by atoms with van der Waals surface area (Å²) < 4.78 is 117. The molecular weight excluding hydrogens is 396 g/mol. The third-order valence-electron chi connectivity index (χ3n) is 1.04. The van der Waals surface area contributed by atoms with Crippen molar-refractivity contribution in [1.29, 1.82) is 0 Å². The van der Waals surface area contributed by atoms with E-state index < -0.39 is 21.8 Å². The molecule has 0 aliphatic rings. The van der Waals surface area contributed by atoms with Crippen LogP contribution in [0.25, 0.3) is 6.08 Å². The molecule has 0 amide bonds. The van der Waals surface area contributed by atoms with E-state index in [1.165, 1.54) is 5.56 Å². The fourth-order valence-corrected chi connectivity index (χ4v) is 0.589. The summed E-state index contributed by atoms with van der Waals surface area (Å²) in [5.41, 5.74) is 1.17. The maximum atomic E-state index is 9.75. The molecule has 1 rings (SSSR count). The zero-order chi connectivity index (χ0) is 19.3. The molecule has 0 aliphatic carbocycles. The summed E-state index contributed by atoms with van der Waals surface area (Å²) in [6.07, 6.45) is 1.83. The third kappa shape index (κ3) is 97.3. The van der Waals surface area contributed by atoms with Crippen LogP contribution >= 0.6 is 0 Å². The van der Waals surface area contributed by atoms with Gasteiger partial charge in [0.05, 0.1) is 0 Å². The first-order valence-electron chi connectivity index (χ1n) is 5.23. The third-order valence-corrected chi connectivity index (χ3v) is 1.04. The van der Waals surface area contributed by atoms with Crippen LogP contribution in [0.2, 0.25) is 0 Å². The molecule has 16 heteroatoms. The first-order chi connectivity index (χ1) is 9.93. The molecule has 138 valence electrons. The van der Waals surface area contributed by atoms with Gasteiger partial charge in [-0.1, -0.05) is 43.0 Å². The minimum absolute atomic E-state index is 0. The van der Waals surface area contributed by atoms with Gasteiger partial charge in [0.15, 0.2) is 0 Å². The van der Waals surface area contributed by atoms with Gasteiger partial charge in [0.1, 0.15) is 0 Å². The maximum absolute atomic E-state index is 9.75. The second-order valence-electron chi connectivity index (χ2n) is 3.10. The van der Waals surface area contributed by atoms with Crippen molar-refractivity contribution >= 4 is 79.2 Å². The Kier molecular flexibility index (Phi) is 20.1. The van der Waals surface area contributed by atoms with E-state index in [2.05, 4.69) is 6.58 Å². The topological polar surface area (TPSA) is 0 Å². The van der Waals surface area contributed by atoms with Gasteiger partial charge in [-0.25, -0.2) is 0 Å². The van der Waals surface area contributed by atoms with Crippen molar-refractivity contribution in [2.24, 2.45) is 0 Å². The summed E-state index contributed by atoms with van der Waals surface area (Å²) >= 11 is 0. The summed E-state index contributed by atoms with van der Waals surface area (Å²) in [6.45, 7) is 3.63. The number of hydrogen-bond donors (Lipinski definition) is 0. The van der Waals surface area contributed by atoms with Crippen LogP contribution in [0.1, 0.15) is 5.56 Å². The SMILES string of the molecule is C=Cc1ccccc1.F[B-](F)(F)F.F[B-](F)(F)F.F[B-](F)(F)F.[KH]. The predicted molar refractivity (Wildman–Crippen MR) is 74.2 cm³/mol. The van der Waals surface area contributed by atoms with Crippen molar-refractivity contribution < 1.29 is 51.8 Å². The molecule has 1 aromatic rings. The quantitative estimate of drug-likeness (QED) is 0.423. The van der Waals surface area contributed by atoms with Gasteiger partial charge in [-0.2, -0.15) is 0 Å². The predicted octanol–water partition coefficient (Wildman–Crippen LogP) is 5.58. The summed E-state index contributed by atoms with van der Waals surface area (Å²) in [5.74, 6) is 0. The molecule has 0 saturated heterocycles. The van der Waals surface area contributed by atoms with Gasteiger partial charge in [-0.05, 0) is 5.56 Å². The molecule has 0 aliphatic heterocycles. The zero-order valence-electron chi connectivity index (χ0n) is 10.9. The molecule has 0 unspecified atom stereocenters. The molecule has 0 heterocycles. The molecule has 24 heavy (non-hydrogen) atoms. The Bertz CT molecular complexity index is 355. The number of hydrogen-bond acceptors (Lipinski definition) is 0. The van der Waals surface area contributed by atoms with Crippen molar-refractivity contribution in [2.45, 2.75) is 0 Å². The van der Waals surface area contributed by atoms with E-state index in [-0.39, 0.29) is 51.4 Å². The summed E-state index contributed by atoms with van der Waals surface area (Å²) in [4.78, 5) is 0. The van der Waals surface area contributed by atoms with Gasteiger partial charge in [0.25, 0.3) is 0 Å². The van der Waals surface area contributed by atoms with Crippen LogP contribution in [0.4, 0.5) is 51.8 Å². The minimum atomic E-state index is -6.00. The number of halogens is 12. The Hall–Kier alpha value is -0.0488. The monoisotopic (exact) mass is 405 g/mol. The molecule has 0 aromatic heterocycles. The van der Waals surface area contributed by atoms with Crippen LogP contribution in [0.3, 0.4) is 0 Å². The normalized spacial score (nSPS) is 10.3. The second kappa shape index (κ2) is 15.2. The Morgan fingerprint density at radius 2 is 0.792 bits per heavy atom. The molecule has 1 aromatic carbocycles. The molecule has 0 spiro atoms. The van der Waals surface area contributed by atoms with E-state index >= 15 is 0 Å². The average molecular weight is 405 g/mol. The summed E-state index contributed by atoms with van der Waals surface area (Å²) in [6, 6.07) is 10.0. The van der Waals surface area contributed by atoms with Crippen molar-refractivity contribution in [3.8, 4) is 0 Å². The molecule has 0 N–H and O–H groups in total. The van der Waals surface area contributed by atoms with Crippen molar-refractivity contribution in [3.63, 3.8) is 0 Å². The molecule has 0 atom stereocenters. The van der Waals surface area contributed by atoms with Crippen molar-refractivity contribution in [1.82, 2.24) is 0 Å². The van der Waals surface area contributed by atoms with Gasteiger partial charge in [0, 0.05) is 0 Å². The van der Waals surface area contributed by atoms with Gasteiger partial charge >= 0.3 is 73.1 Å². The average Bonchev–Trinajstić information content (AvgIpc) is 2.23. The first-order valence-corrected chi connectivity index (χ1v) is 5.23. The van der Waals surface area contributed by atoms with Crippen LogP contribution < -0.4 is 0 Å². The van der Waals surface area contributed by atoms with Crippen molar-refractivity contribution in [3.05, 3.63) is 42.5 Å². The number of benzene rings is 1. The van der Waals surface area contributed by atoms with E-state index in [1.54, 1.807) is 0 Å². The fraction of sp³-hybridized carbons (Fsp3) is 0. The van der Waals surface area contributed by atoms with Gasteiger partial charge in [-0.3, -0.25) is 0 Å². The van der Waals surface area contributed by atoms with Crippen LogP contribution in [0.5, 0.6) is 0 Å². The zero-order valence-corrected chi connectivity index (χ0v) is 10.9. The van der Waals surface area contributed by atoms with E-state index in [1.807, 2.05) is 36.4 Å². The van der Waals surface area contributed by atoms with E-state index in [0.29, 0.717) is 0 Å². The summed E-state index contributed by atoms with van der Waals surface area (Å²) in [5, 5.41) is 0. The first kappa shape index (κ1) is 31.7. The fourth-order valence-electron chi connectivity index (χ4n) is 0.589. The Balaban J connectivity index is -0.000000113. The van der Waals surface area contributed by atoms with E-state index in [4.69, 9.17) is 0 Å². The van der Waals surface area contributed by atoms with Gasteiger partial charge in [-0.15, -0.1) is 0 Å². The molecule has 0 bridgehead atoms. The van der Waals surface area contributed by atoms with Crippen LogP contribution in [-0.4, -0.2) is 73.1 Å². The molecule has 0 saturated carbocycles. The van der Waals surface area contributed by atoms with E-state index in [0.717, 1.165) is 0 Å². The molecule has 0 fully saturated rings. The van der Waals surface area contributed by atoms with Gasteiger partial charge in [0.2, 0.25) is 0 Å². The molecule has 0 nitrogen and oxygen atoms in total. The van der Waals surface area contributed by atoms with Gasteiger partial charge < -0.3 is 51.8 Å². The standard InChI is InChI=1S/C8H8.3BF4.K.H/c1-2-8-6-4-3-5-7-8;3*2-1(3,4)5;;/h2-7H,1H2;;;;;/q;3*-1;;.